The van der Waals surface area contributed by atoms with E-state index in [-0.39, 0.29) is 0 Å². The summed E-state index contributed by atoms with van der Waals surface area (Å²) in [7, 11) is 0. The van der Waals surface area contributed by atoms with Gasteiger partial charge in [-0.05, 0) is 39.8 Å². The van der Waals surface area contributed by atoms with E-state index in [2.05, 4.69) is 27.9 Å². The van der Waals surface area contributed by atoms with Gasteiger partial charge in [-0.3, -0.25) is 0 Å². The van der Waals surface area contributed by atoms with Crippen LogP contribution in [0.15, 0.2) is 29.2 Å². The summed E-state index contributed by atoms with van der Waals surface area (Å²) in [6.45, 7) is 8.18. The molecule has 0 aliphatic carbocycles. The molecule has 2 aromatic rings. The van der Waals surface area contributed by atoms with Gasteiger partial charge in [-0.15, -0.1) is 0 Å². The van der Waals surface area contributed by atoms with Gasteiger partial charge in [-0.2, -0.15) is 0 Å². The largest absolute Gasteiger partial charge is 0.466 e. The van der Waals surface area contributed by atoms with Crippen molar-refractivity contribution >= 4 is 0 Å². The van der Waals surface area contributed by atoms with E-state index in [9.17, 15) is 0 Å². The first-order chi connectivity index (χ1) is 8.66. The third kappa shape index (κ3) is 3.23. The van der Waals surface area contributed by atoms with Crippen LogP contribution in [0.2, 0.25) is 0 Å². The fourth-order valence-electron chi connectivity index (χ4n) is 2.19. The molecule has 0 bridgehead atoms. The van der Waals surface area contributed by atoms with Gasteiger partial charge < -0.3 is 14.3 Å². The van der Waals surface area contributed by atoms with Gasteiger partial charge in [0, 0.05) is 30.5 Å². The van der Waals surface area contributed by atoms with Crippen LogP contribution in [-0.4, -0.2) is 16.1 Å². The van der Waals surface area contributed by atoms with Gasteiger partial charge in [0.05, 0.1) is 6.33 Å². The highest BCUT2D eigenvalue weighted by Gasteiger charge is 2.11. The molecule has 0 radical (unpaired) electrons. The minimum atomic E-state index is 0.338. The van der Waals surface area contributed by atoms with Crippen LogP contribution in [0.1, 0.15) is 36.5 Å². The summed E-state index contributed by atoms with van der Waals surface area (Å²) in [5.74, 6) is 2.00. The summed E-state index contributed by atoms with van der Waals surface area (Å²) in [4.78, 5) is 4.03. The van der Waals surface area contributed by atoms with Crippen molar-refractivity contribution in [3.05, 3.63) is 41.9 Å². The second-order valence-corrected chi connectivity index (χ2v) is 4.70. The van der Waals surface area contributed by atoms with Crippen LogP contribution in [0.3, 0.4) is 0 Å². The van der Waals surface area contributed by atoms with Crippen molar-refractivity contribution < 1.29 is 4.42 Å². The van der Waals surface area contributed by atoms with E-state index in [1.165, 1.54) is 5.56 Å². The molecule has 0 aliphatic rings. The van der Waals surface area contributed by atoms with Gasteiger partial charge in [0.2, 0.25) is 0 Å². The molecule has 0 spiro atoms. The average molecular weight is 247 g/mol. The van der Waals surface area contributed by atoms with Gasteiger partial charge in [0.15, 0.2) is 0 Å². The second-order valence-electron chi connectivity index (χ2n) is 4.70. The highest BCUT2D eigenvalue weighted by molar-refractivity contribution is 5.23. The fraction of sp³-hybridized carbons (Fsp3) is 0.500. The lowest BCUT2D eigenvalue weighted by atomic mass is 10.1. The smallest absolute Gasteiger partial charge is 0.105 e. The highest BCUT2D eigenvalue weighted by Crippen LogP contribution is 2.20. The van der Waals surface area contributed by atoms with Gasteiger partial charge in [0.25, 0.3) is 0 Å². The lowest BCUT2D eigenvalue weighted by Gasteiger charge is -2.13. The normalized spacial score (nSPS) is 12.8. The zero-order valence-corrected chi connectivity index (χ0v) is 11.3. The molecule has 4 heteroatoms. The first kappa shape index (κ1) is 12.9. The quantitative estimate of drug-likeness (QED) is 0.798. The topological polar surface area (TPSA) is 43.0 Å². The third-order valence-electron chi connectivity index (χ3n) is 3.15. The van der Waals surface area contributed by atoms with Crippen molar-refractivity contribution in [2.75, 3.05) is 6.54 Å². The highest BCUT2D eigenvalue weighted by atomic mass is 16.3. The minimum Gasteiger partial charge on any atom is -0.466 e. The number of hydrogen-bond acceptors (Lipinski definition) is 3. The molecule has 18 heavy (non-hydrogen) atoms. The number of imidazole rings is 1. The van der Waals surface area contributed by atoms with Gasteiger partial charge in [-0.1, -0.05) is 0 Å². The molecule has 98 valence electrons. The number of nitrogens with one attached hydrogen (secondary N) is 1. The minimum absolute atomic E-state index is 0.338. The maximum atomic E-state index is 5.55. The fourth-order valence-corrected chi connectivity index (χ4v) is 2.19. The van der Waals surface area contributed by atoms with Crippen molar-refractivity contribution in [1.82, 2.24) is 14.9 Å². The molecule has 1 atom stereocenters. The Morgan fingerprint density at radius 2 is 2.28 bits per heavy atom. The lowest BCUT2D eigenvalue weighted by Crippen LogP contribution is -2.21. The van der Waals surface area contributed by atoms with Crippen molar-refractivity contribution in [1.29, 1.82) is 0 Å². The summed E-state index contributed by atoms with van der Waals surface area (Å²) in [6.07, 6.45) is 6.75. The Balaban J connectivity index is 1.75. The molecule has 0 saturated heterocycles. The Morgan fingerprint density at radius 1 is 1.44 bits per heavy atom. The Labute approximate surface area is 108 Å². The zero-order chi connectivity index (χ0) is 13.0. The molecule has 0 aliphatic heterocycles. The standard InChI is InChI=1S/C14H21N3O/c1-11-9-14(13(3)18-11)12(2)16-5-4-7-17-8-6-15-10-17/h6,8-10,12,16H,4-5,7H2,1-3H3. The Kier molecular flexibility index (Phi) is 4.20. The summed E-state index contributed by atoms with van der Waals surface area (Å²) in [5, 5.41) is 3.52. The molecule has 0 amide bonds. The molecule has 1 N–H and O–H groups in total. The van der Waals surface area contributed by atoms with Gasteiger partial charge in [0.1, 0.15) is 11.5 Å². The zero-order valence-electron chi connectivity index (χ0n) is 11.3. The summed E-state index contributed by atoms with van der Waals surface area (Å²) >= 11 is 0. The monoisotopic (exact) mass is 247 g/mol. The van der Waals surface area contributed by atoms with E-state index in [0.717, 1.165) is 31.0 Å². The van der Waals surface area contributed by atoms with E-state index in [0.29, 0.717) is 6.04 Å². The molecular formula is C14H21N3O. The van der Waals surface area contributed by atoms with Gasteiger partial charge in [-0.25, -0.2) is 4.98 Å². The predicted octanol–water partition coefficient (Wildman–Crippen LogP) is 2.83. The molecular weight excluding hydrogens is 226 g/mol. The lowest BCUT2D eigenvalue weighted by molar-refractivity contribution is 0.484. The SMILES string of the molecule is Cc1cc(C(C)NCCCn2ccnc2)c(C)o1. The van der Waals surface area contributed by atoms with Crippen molar-refractivity contribution in [3.63, 3.8) is 0 Å². The van der Waals surface area contributed by atoms with E-state index < -0.39 is 0 Å². The molecule has 2 aromatic heterocycles. The second kappa shape index (κ2) is 5.87. The first-order valence-electron chi connectivity index (χ1n) is 6.43. The number of furan rings is 1. The van der Waals surface area contributed by atoms with Crippen molar-refractivity contribution in [2.45, 2.75) is 39.8 Å². The molecule has 0 fully saturated rings. The van der Waals surface area contributed by atoms with Crippen LogP contribution >= 0.6 is 0 Å². The van der Waals surface area contributed by atoms with E-state index in [1.807, 2.05) is 32.6 Å². The maximum Gasteiger partial charge on any atom is 0.105 e. The number of nitrogens with zero attached hydrogens (tertiary/aromatic N) is 2. The first-order valence-corrected chi connectivity index (χ1v) is 6.43. The number of rotatable bonds is 6. The Hall–Kier alpha value is -1.55. The van der Waals surface area contributed by atoms with Crippen LogP contribution in [0.5, 0.6) is 0 Å². The molecule has 0 saturated carbocycles. The van der Waals surface area contributed by atoms with Crippen LogP contribution in [-0.2, 0) is 6.54 Å². The number of aryl methyl sites for hydroxylation is 3. The average Bonchev–Trinajstić information content (AvgIpc) is 2.94. The van der Waals surface area contributed by atoms with Crippen molar-refractivity contribution in [2.24, 2.45) is 0 Å². The number of aromatic nitrogens is 2. The third-order valence-corrected chi connectivity index (χ3v) is 3.15. The summed E-state index contributed by atoms with van der Waals surface area (Å²) in [5.41, 5.74) is 1.26. The molecule has 2 rings (SSSR count). The Bertz CT molecular complexity index is 473. The van der Waals surface area contributed by atoms with Gasteiger partial charge >= 0.3 is 0 Å². The summed E-state index contributed by atoms with van der Waals surface area (Å²) in [6, 6.07) is 2.45. The van der Waals surface area contributed by atoms with Crippen LogP contribution in [0.4, 0.5) is 0 Å². The Morgan fingerprint density at radius 3 is 2.89 bits per heavy atom. The predicted molar refractivity (Wildman–Crippen MR) is 71.4 cm³/mol. The van der Waals surface area contributed by atoms with E-state index in [1.54, 1.807) is 0 Å². The van der Waals surface area contributed by atoms with Crippen molar-refractivity contribution in [3.8, 4) is 0 Å². The maximum absolute atomic E-state index is 5.55. The molecule has 0 aromatic carbocycles. The number of hydrogen-bond donors (Lipinski definition) is 1. The van der Waals surface area contributed by atoms with E-state index >= 15 is 0 Å². The molecule has 4 nitrogen and oxygen atoms in total. The van der Waals surface area contributed by atoms with Crippen LogP contribution < -0.4 is 5.32 Å². The van der Waals surface area contributed by atoms with Crippen LogP contribution in [0.25, 0.3) is 0 Å². The van der Waals surface area contributed by atoms with E-state index in [4.69, 9.17) is 4.42 Å². The molecule has 1 unspecified atom stereocenters. The summed E-state index contributed by atoms with van der Waals surface area (Å²) < 4.78 is 7.65. The molecule has 2 heterocycles. The van der Waals surface area contributed by atoms with Crippen LogP contribution in [0, 0.1) is 13.8 Å².